The van der Waals surface area contributed by atoms with Crippen molar-refractivity contribution >= 4 is 5.84 Å². The fourth-order valence-corrected chi connectivity index (χ4v) is 1.26. The van der Waals surface area contributed by atoms with E-state index in [1.54, 1.807) is 0 Å². The van der Waals surface area contributed by atoms with E-state index >= 15 is 0 Å². The van der Waals surface area contributed by atoms with Crippen LogP contribution in [0, 0.1) is 5.41 Å². The number of ether oxygens (including phenoxy) is 1. The summed E-state index contributed by atoms with van der Waals surface area (Å²) < 4.78 is 40.0. The van der Waals surface area contributed by atoms with Crippen molar-refractivity contribution in [1.29, 1.82) is 5.41 Å². The summed E-state index contributed by atoms with van der Waals surface area (Å²) in [5, 5.41) is 7.09. The Morgan fingerprint density at radius 1 is 1.35 bits per heavy atom. The minimum absolute atomic E-state index is 0.0234. The van der Waals surface area contributed by atoms with Gasteiger partial charge in [0.15, 0.2) is 0 Å². The second kappa shape index (κ2) is 7.50. The highest BCUT2D eigenvalue weighted by molar-refractivity contribution is 5.76. The van der Waals surface area contributed by atoms with Gasteiger partial charge >= 0.3 is 6.18 Å². The van der Waals surface area contributed by atoms with Crippen LogP contribution in [-0.4, -0.2) is 49.3 Å². The lowest BCUT2D eigenvalue weighted by atomic mass is 10.3. The number of nitrogens with one attached hydrogen (secondary N) is 1. The van der Waals surface area contributed by atoms with Crippen LogP contribution >= 0.6 is 0 Å². The van der Waals surface area contributed by atoms with Crippen LogP contribution in [0.3, 0.4) is 0 Å². The molecular weight excluding hydrogens is 235 g/mol. The van der Waals surface area contributed by atoms with Gasteiger partial charge in [-0.2, -0.15) is 13.2 Å². The van der Waals surface area contributed by atoms with Crippen LogP contribution < -0.4 is 5.73 Å². The first-order valence-corrected chi connectivity index (χ1v) is 5.44. The van der Waals surface area contributed by atoms with Crippen LogP contribution in [0.1, 0.15) is 20.3 Å². The van der Waals surface area contributed by atoms with E-state index in [-0.39, 0.29) is 18.5 Å². The third kappa shape index (κ3) is 10.1. The van der Waals surface area contributed by atoms with E-state index < -0.39 is 12.8 Å². The number of halogens is 3. The number of hydrogen-bond acceptors (Lipinski definition) is 3. The van der Waals surface area contributed by atoms with Gasteiger partial charge in [-0.05, 0) is 13.8 Å². The van der Waals surface area contributed by atoms with Gasteiger partial charge in [-0.3, -0.25) is 10.3 Å². The first kappa shape index (κ1) is 16.2. The number of amidine groups is 1. The Morgan fingerprint density at radius 3 is 2.35 bits per heavy atom. The fourth-order valence-electron chi connectivity index (χ4n) is 1.26. The lowest BCUT2D eigenvalue weighted by Gasteiger charge is -2.26. The summed E-state index contributed by atoms with van der Waals surface area (Å²) in [5.41, 5.74) is 5.23. The van der Waals surface area contributed by atoms with Crippen LogP contribution in [0.15, 0.2) is 0 Å². The van der Waals surface area contributed by atoms with E-state index in [0.29, 0.717) is 19.5 Å². The molecule has 7 heteroatoms. The van der Waals surface area contributed by atoms with Crippen LogP contribution in [0.2, 0.25) is 0 Å². The fraction of sp³-hybridized carbons (Fsp3) is 0.900. The smallest absolute Gasteiger partial charge is 0.388 e. The van der Waals surface area contributed by atoms with E-state index in [1.807, 2.05) is 18.7 Å². The second-order valence-electron chi connectivity index (χ2n) is 4.07. The van der Waals surface area contributed by atoms with Gasteiger partial charge in [0.2, 0.25) is 0 Å². The molecule has 0 spiro atoms. The summed E-state index contributed by atoms with van der Waals surface area (Å²) in [4.78, 5) is 1.93. The zero-order valence-corrected chi connectivity index (χ0v) is 10.2. The Bertz CT molecular complexity index is 231. The van der Waals surface area contributed by atoms with Gasteiger partial charge in [0.05, 0.1) is 12.4 Å². The van der Waals surface area contributed by atoms with Crippen molar-refractivity contribution in [3.05, 3.63) is 0 Å². The molecule has 17 heavy (non-hydrogen) atoms. The number of nitrogens with zero attached hydrogens (tertiary/aromatic N) is 1. The normalized spacial score (nSPS) is 12.4. The van der Waals surface area contributed by atoms with Crippen molar-refractivity contribution in [2.75, 3.05) is 26.3 Å². The molecular formula is C10H20F3N3O. The van der Waals surface area contributed by atoms with E-state index in [0.717, 1.165) is 0 Å². The monoisotopic (exact) mass is 255 g/mol. The summed E-state index contributed by atoms with van der Waals surface area (Å²) in [6.45, 7) is 3.64. The topological polar surface area (TPSA) is 62.3 Å². The molecule has 0 saturated heterocycles. The standard InChI is InChI=1S/C10H20F3N3O/c1-8(2)16(4-3-9(14)15)5-6-17-7-10(11,12)13/h8H,3-7H2,1-2H3,(H3,14,15). The van der Waals surface area contributed by atoms with Crippen molar-refractivity contribution in [3.63, 3.8) is 0 Å². The first-order chi connectivity index (χ1) is 7.72. The average Bonchev–Trinajstić information content (AvgIpc) is 2.13. The molecule has 4 nitrogen and oxygen atoms in total. The Kier molecular flexibility index (Phi) is 7.13. The molecule has 0 radical (unpaired) electrons. The quantitative estimate of drug-likeness (QED) is 0.393. The Morgan fingerprint density at radius 2 is 1.94 bits per heavy atom. The highest BCUT2D eigenvalue weighted by atomic mass is 19.4. The molecule has 0 aliphatic carbocycles. The average molecular weight is 255 g/mol. The van der Waals surface area contributed by atoms with Crippen molar-refractivity contribution in [2.45, 2.75) is 32.5 Å². The van der Waals surface area contributed by atoms with Crippen LogP contribution in [-0.2, 0) is 4.74 Å². The van der Waals surface area contributed by atoms with Gasteiger partial charge in [0.1, 0.15) is 6.61 Å². The zero-order valence-electron chi connectivity index (χ0n) is 10.2. The minimum atomic E-state index is -4.28. The van der Waals surface area contributed by atoms with Gasteiger partial charge in [-0.1, -0.05) is 0 Å². The molecule has 0 unspecified atom stereocenters. The number of hydrogen-bond donors (Lipinski definition) is 2. The second-order valence-corrected chi connectivity index (χ2v) is 4.07. The number of nitrogens with two attached hydrogens (primary N) is 1. The zero-order chi connectivity index (χ0) is 13.5. The summed E-state index contributed by atoms with van der Waals surface area (Å²) in [5.74, 6) is 0.0758. The van der Waals surface area contributed by atoms with Crippen LogP contribution in [0.5, 0.6) is 0 Å². The predicted molar refractivity (Wildman–Crippen MR) is 60.1 cm³/mol. The van der Waals surface area contributed by atoms with Gasteiger partial charge in [-0.15, -0.1) is 0 Å². The highest BCUT2D eigenvalue weighted by Gasteiger charge is 2.27. The van der Waals surface area contributed by atoms with Gasteiger partial charge in [-0.25, -0.2) is 0 Å². The van der Waals surface area contributed by atoms with E-state index in [2.05, 4.69) is 4.74 Å². The van der Waals surface area contributed by atoms with Gasteiger partial charge in [0, 0.05) is 25.6 Å². The maximum atomic E-state index is 11.8. The van der Waals surface area contributed by atoms with E-state index in [4.69, 9.17) is 11.1 Å². The maximum absolute atomic E-state index is 11.8. The number of rotatable bonds is 8. The minimum Gasteiger partial charge on any atom is -0.388 e. The lowest BCUT2D eigenvalue weighted by Crippen LogP contribution is -2.37. The Balaban J connectivity index is 3.82. The molecule has 0 amide bonds. The maximum Gasteiger partial charge on any atom is 0.411 e. The molecule has 0 aromatic heterocycles. The number of alkyl halides is 3. The Hall–Kier alpha value is -0.820. The molecule has 0 bridgehead atoms. The predicted octanol–water partition coefficient (Wildman–Crippen LogP) is 1.60. The largest absolute Gasteiger partial charge is 0.411 e. The van der Waals surface area contributed by atoms with Gasteiger partial charge in [0.25, 0.3) is 0 Å². The van der Waals surface area contributed by atoms with Crippen molar-refractivity contribution < 1.29 is 17.9 Å². The SMILES string of the molecule is CC(C)N(CCOCC(F)(F)F)CCC(=N)N. The molecule has 102 valence electrons. The molecule has 3 N–H and O–H groups in total. The molecule has 0 saturated carbocycles. The van der Waals surface area contributed by atoms with Crippen molar-refractivity contribution in [2.24, 2.45) is 5.73 Å². The summed E-state index contributed by atoms with van der Waals surface area (Å²) in [7, 11) is 0. The highest BCUT2D eigenvalue weighted by Crippen LogP contribution is 2.14. The van der Waals surface area contributed by atoms with Crippen molar-refractivity contribution in [1.82, 2.24) is 4.90 Å². The molecule has 0 fully saturated rings. The Labute approximate surface area is 99.4 Å². The van der Waals surface area contributed by atoms with Crippen LogP contribution in [0.4, 0.5) is 13.2 Å². The summed E-state index contributed by atoms with van der Waals surface area (Å²) in [6.07, 6.45) is -3.86. The van der Waals surface area contributed by atoms with Crippen LogP contribution in [0.25, 0.3) is 0 Å². The first-order valence-electron chi connectivity index (χ1n) is 5.44. The molecule has 0 aliphatic heterocycles. The third-order valence-electron chi connectivity index (χ3n) is 2.19. The molecule has 0 aromatic rings. The van der Waals surface area contributed by atoms with E-state index in [1.165, 1.54) is 0 Å². The molecule has 0 atom stereocenters. The molecule has 0 heterocycles. The lowest BCUT2D eigenvalue weighted by molar-refractivity contribution is -0.174. The summed E-state index contributed by atoms with van der Waals surface area (Å²) >= 11 is 0. The molecule has 0 aliphatic rings. The molecule has 0 aromatic carbocycles. The van der Waals surface area contributed by atoms with E-state index in [9.17, 15) is 13.2 Å². The molecule has 0 rings (SSSR count). The van der Waals surface area contributed by atoms with Gasteiger partial charge < -0.3 is 10.5 Å². The van der Waals surface area contributed by atoms with Crippen molar-refractivity contribution in [3.8, 4) is 0 Å². The third-order valence-corrected chi connectivity index (χ3v) is 2.19. The summed E-state index contributed by atoms with van der Waals surface area (Å²) in [6, 6.07) is 0.184.